The second-order valence-electron chi connectivity index (χ2n) is 4.95. The maximum absolute atomic E-state index is 5.97. The highest BCUT2D eigenvalue weighted by atomic mass is 16.5. The van der Waals surface area contributed by atoms with Crippen LogP contribution < -0.4 is 5.32 Å². The molecule has 0 bridgehead atoms. The summed E-state index contributed by atoms with van der Waals surface area (Å²) in [5, 5.41) is 3.56. The van der Waals surface area contributed by atoms with Crippen LogP contribution in [0.4, 0.5) is 0 Å². The van der Waals surface area contributed by atoms with E-state index in [1.54, 1.807) is 0 Å². The Kier molecular flexibility index (Phi) is 2.70. The summed E-state index contributed by atoms with van der Waals surface area (Å²) in [6.07, 6.45) is 3.89. The molecule has 16 heavy (non-hydrogen) atoms. The molecule has 2 atom stereocenters. The SMILES string of the molecule is Cc1ccc2c(c1)CCOC2[C@H]1CCCN1. The van der Waals surface area contributed by atoms with E-state index in [9.17, 15) is 0 Å². The van der Waals surface area contributed by atoms with Gasteiger partial charge in [-0.1, -0.05) is 23.8 Å². The van der Waals surface area contributed by atoms with Crippen molar-refractivity contribution in [2.45, 2.75) is 38.3 Å². The predicted octanol–water partition coefficient (Wildman–Crippen LogP) is 2.36. The zero-order valence-corrected chi connectivity index (χ0v) is 9.83. The molecular formula is C14H19NO. The van der Waals surface area contributed by atoms with Crippen LogP contribution in [0.2, 0.25) is 0 Å². The van der Waals surface area contributed by atoms with Gasteiger partial charge >= 0.3 is 0 Å². The third-order valence-corrected chi connectivity index (χ3v) is 3.74. The molecule has 1 N–H and O–H groups in total. The van der Waals surface area contributed by atoms with Gasteiger partial charge in [0.2, 0.25) is 0 Å². The second-order valence-corrected chi connectivity index (χ2v) is 4.95. The monoisotopic (exact) mass is 217 g/mol. The first-order valence-corrected chi connectivity index (χ1v) is 6.29. The van der Waals surface area contributed by atoms with Crippen LogP contribution in [-0.2, 0) is 11.2 Å². The topological polar surface area (TPSA) is 21.3 Å². The number of aryl methyl sites for hydroxylation is 1. The molecule has 0 amide bonds. The largest absolute Gasteiger partial charge is 0.372 e. The molecule has 2 heterocycles. The Bertz CT molecular complexity index is 382. The number of hydrogen-bond donors (Lipinski definition) is 1. The molecule has 1 aromatic carbocycles. The van der Waals surface area contributed by atoms with Gasteiger partial charge in [-0.15, -0.1) is 0 Å². The summed E-state index contributed by atoms with van der Waals surface area (Å²) < 4.78 is 5.97. The molecule has 0 saturated carbocycles. The second kappa shape index (κ2) is 4.19. The van der Waals surface area contributed by atoms with Gasteiger partial charge < -0.3 is 10.1 Å². The lowest BCUT2D eigenvalue weighted by atomic mass is 9.91. The van der Waals surface area contributed by atoms with Crippen molar-refractivity contribution in [3.63, 3.8) is 0 Å². The molecule has 0 aliphatic carbocycles. The molecular weight excluding hydrogens is 198 g/mol. The fraction of sp³-hybridized carbons (Fsp3) is 0.571. The number of ether oxygens (including phenoxy) is 1. The van der Waals surface area contributed by atoms with Crippen LogP contribution in [-0.4, -0.2) is 19.2 Å². The first-order valence-electron chi connectivity index (χ1n) is 6.29. The summed E-state index contributed by atoms with van der Waals surface area (Å²) in [4.78, 5) is 0. The van der Waals surface area contributed by atoms with Crippen molar-refractivity contribution in [3.8, 4) is 0 Å². The highest BCUT2D eigenvalue weighted by Crippen LogP contribution is 2.33. The average molecular weight is 217 g/mol. The van der Waals surface area contributed by atoms with Gasteiger partial charge in [0.1, 0.15) is 0 Å². The van der Waals surface area contributed by atoms with Crippen molar-refractivity contribution in [1.29, 1.82) is 0 Å². The Morgan fingerprint density at radius 1 is 1.38 bits per heavy atom. The van der Waals surface area contributed by atoms with E-state index in [0.717, 1.165) is 19.6 Å². The van der Waals surface area contributed by atoms with Crippen LogP contribution in [0.25, 0.3) is 0 Å². The number of nitrogens with one attached hydrogen (secondary N) is 1. The van der Waals surface area contributed by atoms with Crippen LogP contribution in [0.3, 0.4) is 0 Å². The first kappa shape index (κ1) is 10.3. The van der Waals surface area contributed by atoms with Crippen LogP contribution in [0.1, 0.15) is 35.6 Å². The van der Waals surface area contributed by atoms with E-state index in [-0.39, 0.29) is 6.10 Å². The summed E-state index contributed by atoms with van der Waals surface area (Å²) in [5.41, 5.74) is 4.26. The lowest BCUT2D eigenvalue weighted by Crippen LogP contribution is -2.33. The van der Waals surface area contributed by atoms with Crippen LogP contribution >= 0.6 is 0 Å². The standard InChI is InChI=1S/C14H19NO/c1-10-4-5-12-11(9-10)6-8-16-14(12)13-3-2-7-15-13/h4-5,9,13-15H,2-3,6-8H2,1H3/t13-,14?/m1/s1. The van der Waals surface area contributed by atoms with Gasteiger partial charge in [0.15, 0.2) is 0 Å². The van der Waals surface area contributed by atoms with Gasteiger partial charge in [0, 0.05) is 6.04 Å². The van der Waals surface area contributed by atoms with E-state index in [1.165, 1.54) is 29.5 Å². The lowest BCUT2D eigenvalue weighted by molar-refractivity contribution is 0.0199. The summed E-state index contributed by atoms with van der Waals surface area (Å²) in [7, 11) is 0. The molecule has 0 aromatic heterocycles. The van der Waals surface area contributed by atoms with Gasteiger partial charge in [-0.2, -0.15) is 0 Å². The Hall–Kier alpha value is -0.860. The molecule has 2 heteroatoms. The minimum atomic E-state index is 0.284. The molecule has 0 radical (unpaired) electrons. The normalized spacial score (nSPS) is 29.1. The first-order chi connectivity index (χ1) is 7.84. The van der Waals surface area contributed by atoms with Gasteiger partial charge in [0.25, 0.3) is 0 Å². The van der Waals surface area contributed by atoms with Crippen molar-refractivity contribution < 1.29 is 4.74 Å². The van der Waals surface area contributed by atoms with Crippen molar-refractivity contribution in [1.82, 2.24) is 5.32 Å². The fourth-order valence-electron chi connectivity index (χ4n) is 2.92. The number of benzene rings is 1. The maximum atomic E-state index is 5.97. The van der Waals surface area contributed by atoms with Gasteiger partial charge in [-0.3, -0.25) is 0 Å². The van der Waals surface area contributed by atoms with Gasteiger partial charge in [-0.05, 0) is 43.9 Å². The van der Waals surface area contributed by atoms with E-state index in [1.807, 2.05) is 0 Å². The molecule has 0 spiro atoms. The Balaban J connectivity index is 1.93. The molecule has 2 aliphatic rings. The van der Waals surface area contributed by atoms with Gasteiger partial charge in [-0.25, -0.2) is 0 Å². The minimum absolute atomic E-state index is 0.284. The maximum Gasteiger partial charge on any atom is 0.0980 e. The fourth-order valence-corrected chi connectivity index (χ4v) is 2.92. The summed E-state index contributed by atoms with van der Waals surface area (Å²) >= 11 is 0. The van der Waals surface area contributed by atoms with Crippen LogP contribution in [0.15, 0.2) is 18.2 Å². The average Bonchev–Trinajstić information content (AvgIpc) is 2.81. The number of hydrogen-bond acceptors (Lipinski definition) is 2. The van der Waals surface area contributed by atoms with Crippen molar-refractivity contribution in [3.05, 3.63) is 34.9 Å². The highest BCUT2D eigenvalue weighted by molar-refractivity contribution is 5.35. The third kappa shape index (κ3) is 1.76. The summed E-state index contributed by atoms with van der Waals surface area (Å²) in [6, 6.07) is 7.31. The summed E-state index contributed by atoms with van der Waals surface area (Å²) in [5.74, 6) is 0. The molecule has 86 valence electrons. The molecule has 1 aromatic rings. The third-order valence-electron chi connectivity index (χ3n) is 3.74. The van der Waals surface area contributed by atoms with E-state index < -0.39 is 0 Å². The number of fused-ring (bicyclic) bond motifs is 1. The molecule has 2 nitrogen and oxygen atoms in total. The lowest BCUT2D eigenvalue weighted by Gasteiger charge is -2.30. The van der Waals surface area contributed by atoms with Crippen molar-refractivity contribution in [2.24, 2.45) is 0 Å². The van der Waals surface area contributed by atoms with E-state index in [2.05, 4.69) is 30.4 Å². The Morgan fingerprint density at radius 3 is 3.12 bits per heavy atom. The predicted molar refractivity (Wildman–Crippen MR) is 64.6 cm³/mol. The van der Waals surface area contributed by atoms with Crippen LogP contribution in [0, 0.1) is 6.92 Å². The Morgan fingerprint density at radius 2 is 2.31 bits per heavy atom. The quantitative estimate of drug-likeness (QED) is 0.779. The minimum Gasteiger partial charge on any atom is -0.372 e. The van der Waals surface area contributed by atoms with E-state index in [4.69, 9.17) is 4.74 Å². The molecule has 1 unspecified atom stereocenters. The van der Waals surface area contributed by atoms with Gasteiger partial charge in [0.05, 0.1) is 12.7 Å². The zero-order valence-electron chi connectivity index (χ0n) is 9.83. The van der Waals surface area contributed by atoms with E-state index >= 15 is 0 Å². The van der Waals surface area contributed by atoms with Crippen molar-refractivity contribution in [2.75, 3.05) is 13.2 Å². The molecule has 2 aliphatic heterocycles. The van der Waals surface area contributed by atoms with Crippen LogP contribution in [0.5, 0.6) is 0 Å². The Labute approximate surface area is 97.0 Å². The molecule has 3 rings (SSSR count). The number of rotatable bonds is 1. The summed E-state index contributed by atoms with van der Waals surface area (Å²) in [6.45, 7) is 4.18. The van der Waals surface area contributed by atoms with Crippen molar-refractivity contribution >= 4 is 0 Å². The molecule has 1 saturated heterocycles. The van der Waals surface area contributed by atoms with E-state index in [0.29, 0.717) is 6.04 Å². The highest BCUT2D eigenvalue weighted by Gasteiger charge is 2.30. The zero-order chi connectivity index (χ0) is 11.0. The molecule has 1 fully saturated rings. The smallest absolute Gasteiger partial charge is 0.0980 e.